The summed E-state index contributed by atoms with van der Waals surface area (Å²) in [6.45, 7) is 21.9. The molecule has 2 atom stereocenters. The normalized spacial score (nSPS) is 13.9. The smallest absolute Gasteiger partial charge is 0.348 e. The average molecular weight is 789 g/mol. The number of rotatable bonds is 15. The minimum absolute atomic E-state index is 0.0783. The van der Waals surface area contributed by atoms with Crippen LogP contribution in [0.4, 0.5) is 0 Å². The van der Waals surface area contributed by atoms with Crippen LogP contribution >= 0.6 is 0 Å². The predicted molar refractivity (Wildman–Crippen MR) is 223 cm³/mol. The molecule has 0 saturated heterocycles. The van der Waals surface area contributed by atoms with E-state index in [-0.39, 0.29) is 27.6 Å². The van der Waals surface area contributed by atoms with Gasteiger partial charge in [-0.3, -0.25) is 0 Å². The largest absolute Gasteiger partial charge is 0.543 e. The third-order valence-corrected chi connectivity index (χ3v) is 19.8. The molecule has 0 heterocycles. The molecule has 1 unspecified atom stereocenters. The van der Waals surface area contributed by atoms with E-state index in [0.29, 0.717) is 40.1 Å². The molecular weight excluding hydrogens is 729 g/mol. The van der Waals surface area contributed by atoms with Gasteiger partial charge in [0.25, 0.3) is 0 Å². The fourth-order valence-corrected chi connectivity index (χ4v) is 7.49. The number of carbonyl (C=O) groups is 1. The van der Waals surface area contributed by atoms with Gasteiger partial charge in [0.05, 0.1) is 28.4 Å². The monoisotopic (exact) mass is 788 g/mol. The lowest BCUT2D eigenvalue weighted by Crippen LogP contribution is -2.44. The first-order chi connectivity index (χ1) is 25.6. The number of hydrogen-bond donors (Lipinski definition) is 1. The van der Waals surface area contributed by atoms with Crippen LogP contribution in [0.25, 0.3) is 0 Å². The van der Waals surface area contributed by atoms with Crippen LogP contribution in [0.2, 0.25) is 36.3 Å². The summed E-state index contributed by atoms with van der Waals surface area (Å²) in [5.41, 5.74) is -0.262. The van der Waals surface area contributed by atoms with Crippen molar-refractivity contribution < 1.29 is 42.4 Å². The van der Waals surface area contributed by atoms with E-state index >= 15 is 0 Å². The average Bonchev–Trinajstić information content (AvgIpc) is 3.12. The van der Waals surface area contributed by atoms with E-state index in [1.807, 2.05) is 42.5 Å². The molecule has 0 amide bonds. The Hall–Kier alpha value is -4.46. The summed E-state index contributed by atoms with van der Waals surface area (Å²) in [5, 5.41) is 12.6. The molecule has 298 valence electrons. The van der Waals surface area contributed by atoms with Gasteiger partial charge >= 0.3 is 5.97 Å². The topological polar surface area (TPSA) is 102 Å². The van der Waals surface area contributed by atoms with Crippen LogP contribution in [0.1, 0.15) is 69.9 Å². The number of esters is 1. The van der Waals surface area contributed by atoms with E-state index in [4.69, 9.17) is 32.5 Å². The number of hydrogen-bond acceptors (Lipinski definition) is 9. The predicted octanol–water partition coefficient (Wildman–Crippen LogP) is 10.3. The third kappa shape index (κ3) is 10.1. The molecule has 4 aromatic carbocycles. The van der Waals surface area contributed by atoms with Gasteiger partial charge in [0.15, 0.2) is 0 Å². The Morgan fingerprint density at radius 2 is 0.964 bits per heavy atom. The molecule has 0 spiro atoms. The summed E-state index contributed by atoms with van der Waals surface area (Å²) in [6.07, 6.45) is -0.609. The van der Waals surface area contributed by atoms with Gasteiger partial charge in [-0.2, -0.15) is 0 Å². The van der Waals surface area contributed by atoms with Crippen molar-refractivity contribution in [1.29, 1.82) is 0 Å². The van der Waals surface area contributed by atoms with Gasteiger partial charge in [-0.05, 0) is 101 Å². The second kappa shape index (κ2) is 16.7. The van der Waals surface area contributed by atoms with Crippen LogP contribution in [0, 0.1) is 0 Å². The molecular formula is C44H60O9Si2. The zero-order valence-corrected chi connectivity index (χ0v) is 37.1. The summed E-state index contributed by atoms with van der Waals surface area (Å²) in [4.78, 5) is 14.9. The van der Waals surface area contributed by atoms with Crippen molar-refractivity contribution in [2.24, 2.45) is 0 Å². The van der Waals surface area contributed by atoms with Crippen molar-refractivity contribution in [3.05, 3.63) is 107 Å². The molecule has 0 aliphatic carbocycles. The summed E-state index contributed by atoms with van der Waals surface area (Å²) < 4.78 is 42.3. The summed E-state index contributed by atoms with van der Waals surface area (Å²) >= 11 is 0. The molecule has 1 N–H and O–H groups in total. The van der Waals surface area contributed by atoms with Crippen molar-refractivity contribution in [1.82, 2.24) is 0 Å². The minimum Gasteiger partial charge on any atom is -0.543 e. The maximum absolute atomic E-state index is 14.9. The number of benzene rings is 4. The zero-order valence-electron chi connectivity index (χ0n) is 35.1. The molecule has 4 aromatic rings. The van der Waals surface area contributed by atoms with Crippen LogP contribution < -0.4 is 27.8 Å². The van der Waals surface area contributed by atoms with Crippen LogP contribution in [0.5, 0.6) is 34.5 Å². The number of carbonyl (C=O) groups excluding carboxylic acids is 1. The van der Waals surface area contributed by atoms with Crippen LogP contribution in [-0.4, -0.2) is 56.1 Å². The van der Waals surface area contributed by atoms with Gasteiger partial charge in [0.1, 0.15) is 40.6 Å². The molecule has 0 radical (unpaired) electrons. The van der Waals surface area contributed by atoms with Gasteiger partial charge < -0.3 is 37.6 Å². The van der Waals surface area contributed by atoms with Gasteiger partial charge in [0.2, 0.25) is 22.2 Å². The summed E-state index contributed by atoms with van der Waals surface area (Å²) in [7, 11) is 1.55. The lowest BCUT2D eigenvalue weighted by molar-refractivity contribution is -0.168. The van der Waals surface area contributed by atoms with Crippen LogP contribution in [-0.2, 0) is 21.6 Å². The molecule has 0 saturated carbocycles. The maximum atomic E-state index is 14.9. The van der Waals surface area contributed by atoms with E-state index in [9.17, 15) is 9.90 Å². The molecule has 0 fully saturated rings. The van der Waals surface area contributed by atoms with Crippen molar-refractivity contribution in [3.63, 3.8) is 0 Å². The first-order valence-corrected chi connectivity index (χ1v) is 24.4. The standard InChI is InChI=1S/C44H60O9Si2/c1-42(2,3)54(11,12)52-38-24-31(25-39(29-38)53-55(13,14)43(4,5)6)40(23-30-15-19-34(47-7)20-16-30)51-41(45)44(46,32-17-21-35(48-8)22-18-32)33-26-36(49-9)28-37(27-33)50-10/h15-22,24-29,40,46H,23H2,1-14H3/t40-,44?/m1/s1. The highest BCUT2D eigenvalue weighted by atomic mass is 28.4. The first kappa shape index (κ1) is 43.3. The molecule has 9 nitrogen and oxygen atoms in total. The van der Waals surface area contributed by atoms with Crippen molar-refractivity contribution in [2.45, 2.75) is 95.9 Å². The van der Waals surface area contributed by atoms with Gasteiger partial charge in [-0.1, -0.05) is 65.8 Å². The van der Waals surface area contributed by atoms with Crippen LogP contribution in [0.3, 0.4) is 0 Å². The quantitative estimate of drug-likeness (QED) is 0.0932. The second-order valence-electron chi connectivity index (χ2n) is 16.9. The second-order valence-corrected chi connectivity index (χ2v) is 26.4. The summed E-state index contributed by atoms with van der Waals surface area (Å²) in [6, 6.07) is 25.0. The van der Waals surface area contributed by atoms with Gasteiger partial charge in [-0.15, -0.1) is 0 Å². The third-order valence-electron chi connectivity index (χ3n) is 11.0. The van der Waals surface area contributed by atoms with E-state index < -0.39 is 34.3 Å². The van der Waals surface area contributed by atoms with E-state index in [2.05, 4.69) is 67.7 Å². The first-order valence-electron chi connectivity index (χ1n) is 18.5. The van der Waals surface area contributed by atoms with E-state index in [1.165, 1.54) is 14.2 Å². The van der Waals surface area contributed by atoms with E-state index in [1.54, 1.807) is 56.7 Å². The number of ether oxygens (including phenoxy) is 5. The van der Waals surface area contributed by atoms with Gasteiger partial charge in [-0.25, -0.2) is 4.79 Å². The Kier molecular flexibility index (Phi) is 13.2. The van der Waals surface area contributed by atoms with Crippen molar-refractivity contribution in [3.8, 4) is 34.5 Å². The number of aliphatic hydroxyl groups is 1. The Bertz CT molecular complexity index is 1840. The maximum Gasteiger partial charge on any atom is 0.348 e. The molecule has 11 heteroatoms. The minimum atomic E-state index is -2.32. The molecule has 4 rings (SSSR count). The van der Waals surface area contributed by atoms with E-state index in [0.717, 1.165) is 5.56 Å². The Labute approximate surface area is 330 Å². The molecule has 0 aliphatic heterocycles. The Morgan fingerprint density at radius 1 is 0.564 bits per heavy atom. The fraction of sp³-hybridized carbons (Fsp3) is 0.432. The Balaban J connectivity index is 1.95. The number of methoxy groups -OCH3 is 4. The fourth-order valence-electron chi connectivity index (χ4n) is 5.46. The van der Waals surface area contributed by atoms with Crippen molar-refractivity contribution >= 4 is 22.6 Å². The lowest BCUT2D eigenvalue weighted by Gasteiger charge is -2.38. The summed E-state index contributed by atoms with van der Waals surface area (Å²) in [5.74, 6) is 2.43. The molecule has 0 aromatic heterocycles. The highest BCUT2D eigenvalue weighted by Crippen LogP contribution is 2.43. The SMILES string of the molecule is COc1ccc(C[C@@H](OC(=O)C(O)(c2ccc(OC)cc2)c2cc(OC)cc(OC)c2)c2cc(O[Si](C)(C)C(C)(C)C)cc(O[Si](C)(C)C(C)(C)C)c2)cc1. The lowest BCUT2D eigenvalue weighted by atomic mass is 9.85. The molecule has 0 aliphatic rings. The van der Waals surface area contributed by atoms with Crippen molar-refractivity contribution in [2.75, 3.05) is 28.4 Å². The molecule has 0 bridgehead atoms. The molecule has 55 heavy (non-hydrogen) atoms. The highest BCUT2D eigenvalue weighted by molar-refractivity contribution is 6.75. The van der Waals surface area contributed by atoms with Gasteiger partial charge in [0, 0.05) is 24.1 Å². The highest BCUT2D eigenvalue weighted by Gasteiger charge is 2.45. The Morgan fingerprint density at radius 3 is 1.36 bits per heavy atom. The van der Waals surface area contributed by atoms with Crippen LogP contribution in [0.15, 0.2) is 84.9 Å². The zero-order chi connectivity index (χ0) is 41.0.